The Morgan fingerprint density at radius 2 is 2.26 bits per heavy atom. The second kappa shape index (κ2) is 6.06. The highest BCUT2D eigenvalue weighted by molar-refractivity contribution is 7.12. The summed E-state index contributed by atoms with van der Waals surface area (Å²) in [5.74, 6) is 0.401. The van der Waals surface area contributed by atoms with Crippen molar-refractivity contribution in [2.75, 3.05) is 20.2 Å². The zero-order valence-corrected chi connectivity index (χ0v) is 11.9. The Morgan fingerprint density at radius 1 is 1.47 bits per heavy atom. The molecule has 5 nitrogen and oxygen atoms in total. The number of rotatable bonds is 2. The van der Waals surface area contributed by atoms with E-state index in [9.17, 15) is 9.59 Å². The van der Waals surface area contributed by atoms with Crippen molar-refractivity contribution in [3.63, 3.8) is 0 Å². The summed E-state index contributed by atoms with van der Waals surface area (Å²) < 4.78 is 4.60. The van der Waals surface area contributed by atoms with E-state index in [4.69, 9.17) is 0 Å². The molecule has 19 heavy (non-hydrogen) atoms. The van der Waals surface area contributed by atoms with Crippen molar-refractivity contribution in [3.8, 4) is 0 Å². The SMILES string of the molecule is COC(=O)NC1CC(C)CN(C(=O)c2cccs2)C1. The molecule has 1 aromatic rings. The van der Waals surface area contributed by atoms with E-state index in [1.807, 2.05) is 17.5 Å². The zero-order valence-electron chi connectivity index (χ0n) is 11.1. The van der Waals surface area contributed by atoms with Gasteiger partial charge in [0, 0.05) is 13.1 Å². The van der Waals surface area contributed by atoms with Crippen LogP contribution in [-0.2, 0) is 4.74 Å². The van der Waals surface area contributed by atoms with Crippen LogP contribution in [0, 0.1) is 5.92 Å². The highest BCUT2D eigenvalue weighted by atomic mass is 32.1. The molecule has 0 aliphatic carbocycles. The van der Waals surface area contributed by atoms with Crippen molar-refractivity contribution >= 4 is 23.3 Å². The van der Waals surface area contributed by atoms with Gasteiger partial charge in [-0.25, -0.2) is 4.79 Å². The Labute approximate surface area is 116 Å². The molecule has 1 aliphatic rings. The molecule has 2 heterocycles. The molecule has 1 aliphatic heterocycles. The third kappa shape index (κ3) is 3.47. The first kappa shape index (κ1) is 13.9. The maximum atomic E-state index is 12.3. The number of amides is 2. The molecule has 6 heteroatoms. The molecular formula is C13H18N2O3S. The number of nitrogens with one attached hydrogen (secondary N) is 1. The van der Waals surface area contributed by atoms with Crippen molar-refractivity contribution in [1.82, 2.24) is 10.2 Å². The Morgan fingerprint density at radius 3 is 2.89 bits per heavy atom. The molecule has 1 N–H and O–H groups in total. The number of alkyl carbamates (subject to hydrolysis) is 1. The molecule has 0 saturated carbocycles. The first-order chi connectivity index (χ1) is 9.10. The monoisotopic (exact) mass is 282 g/mol. The molecule has 0 bridgehead atoms. The third-order valence-electron chi connectivity index (χ3n) is 3.19. The van der Waals surface area contributed by atoms with Gasteiger partial charge in [0.15, 0.2) is 0 Å². The fourth-order valence-electron chi connectivity index (χ4n) is 2.40. The number of ether oxygens (including phenoxy) is 1. The molecule has 1 aromatic heterocycles. The van der Waals surface area contributed by atoms with Gasteiger partial charge >= 0.3 is 6.09 Å². The smallest absolute Gasteiger partial charge is 0.407 e. The second-order valence-corrected chi connectivity index (χ2v) is 5.81. The largest absolute Gasteiger partial charge is 0.453 e. The molecule has 1 fully saturated rings. The first-order valence-corrected chi connectivity index (χ1v) is 7.15. The summed E-state index contributed by atoms with van der Waals surface area (Å²) in [5, 5.41) is 4.67. The van der Waals surface area contributed by atoms with Crippen LogP contribution in [0.25, 0.3) is 0 Å². The van der Waals surface area contributed by atoms with Crippen LogP contribution in [0.5, 0.6) is 0 Å². The predicted octanol–water partition coefficient (Wildman–Crippen LogP) is 1.95. The van der Waals surface area contributed by atoms with Gasteiger partial charge in [0.2, 0.25) is 0 Å². The molecular weight excluding hydrogens is 264 g/mol. The normalized spacial score (nSPS) is 22.9. The molecule has 0 radical (unpaired) electrons. The standard InChI is InChI=1S/C13H18N2O3S/c1-9-6-10(14-13(17)18-2)8-15(7-9)12(16)11-4-3-5-19-11/h3-5,9-10H,6-8H2,1-2H3,(H,14,17). The molecule has 0 aromatic carbocycles. The van der Waals surface area contributed by atoms with Crippen LogP contribution in [0.3, 0.4) is 0 Å². The van der Waals surface area contributed by atoms with Crippen molar-refractivity contribution in [1.29, 1.82) is 0 Å². The highest BCUT2D eigenvalue weighted by Crippen LogP contribution is 2.20. The van der Waals surface area contributed by atoms with Gasteiger partial charge < -0.3 is 15.0 Å². The van der Waals surface area contributed by atoms with Gasteiger partial charge in [0.25, 0.3) is 5.91 Å². The predicted molar refractivity (Wildman–Crippen MR) is 73.3 cm³/mol. The lowest BCUT2D eigenvalue weighted by atomic mass is 9.96. The number of methoxy groups -OCH3 is 1. The van der Waals surface area contributed by atoms with E-state index in [-0.39, 0.29) is 11.9 Å². The lowest BCUT2D eigenvalue weighted by Crippen LogP contribution is -2.52. The Kier molecular flexibility index (Phi) is 4.42. The quantitative estimate of drug-likeness (QED) is 0.902. The van der Waals surface area contributed by atoms with Gasteiger partial charge in [-0.1, -0.05) is 13.0 Å². The van der Waals surface area contributed by atoms with Crippen molar-refractivity contribution in [3.05, 3.63) is 22.4 Å². The lowest BCUT2D eigenvalue weighted by Gasteiger charge is -2.36. The fraction of sp³-hybridized carbons (Fsp3) is 0.538. The van der Waals surface area contributed by atoms with E-state index >= 15 is 0 Å². The van der Waals surface area contributed by atoms with E-state index in [1.54, 1.807) is 4.90 Å². The number of thiophene rings is 1. The van der Waals surface area contributed by atoms with Gasteiger partial charge in [0.1, 0.15) is 0 Å². The average molecular weight is 282 g/mol. The van der Waals surface area contributed by atoms with E-state index in [0.29, 0.717) is 12.5 Å². The zero-order chi connectivity index (χ0) is 13.8. The number of likely N-dealkylation sites (tertiary alicyclic amines) is 1. The number of nitrogens with zero attached hydrogens (tertiary/aromatic N) is 1. The van der Waals surface area contributed by atoms with E-state index in [2.05, 4.69) is 17.0 Å². The molecule has 0 spiro atoms. The van der Waals surface area contributed by atoms with Crippen molar-refractivity contribution in [2.24, 2.45) is 5.92 Å². The summed E-state index contributed by atoms with van der Waals surface area (Å²) in [4.78, 5) is 26.1. The minimum atomic E-state index is -0.442. The van der Waals surface area contributed by atoms with E-state index in [1.165, 1.54) is 18.4 Å². The topological polar surface area (TPSA) is 58.6 Å². The Balaban J connectivity index is 2.01. The minimum Gasteiger partial charge on any atom is -0.453 e. The number of piperidine rings is 1. The van der Waals surface area contributed by atoms with Gasteiger partial charge in [-0.3, -0.25) is 4.79 Å². The lowest BCUT2D eigenvalue weighted by molar-refractivity contribution is 0.0639. The van der Waals surface area contributed by atoms with Gasteiger partial charge in [-0.2, -0.15) is 0 Å². The summed E-state index contributed by atoms with van der Waals surface area (Å²) in [6.45, 7) is 3.35. The van der Waals surface area contributed by atoms with Crippen molar-refractivity contribution in [2.45, 2.75) is 19.4 Å². The van der Waals surface area contributed by atoms with Crippen LogP contribution < -0.4 is 5.32 Å². The molecule has 2 amide bonds. The third-order valence-corrected chi connectivity index (χ3v) is 4.04. The van der Waals surface area contributed by atoms with Gasteiger partial charge in [-0.05, 0) is 23.8 Å². The molecule has 1 saturated heterocycles. The molecule has 2 atom stereocenters. The number of hydrogen-bond donors (Lipinski definition) is 1. The van der Waals surface area contributed by atoms with E-state index in [0.717, 1.165) is 17.8 Å². The first-order valence-electron chi connectivity index (χ1n) is 6.27. The fourth-order valence-corrected chi connectivity index (χ4v) is 3.09. The summed E-state index contributed by atoms with van der Waals surface area (Å²) in [5.41, 5.74) is 0. The minimum absolute atomic E-state index is 0.0400. The maximum absolute atomic E-state index is 12.3. The average Bonchev–Trinajstić information content (AvgIpc) is 2.90. The van der Waals surface area contributed by atoms with Crippen molar-refractivity contribution < 1.29 is 14.3 Å². The summed E-state index contributed by atoms with van der Waals surface area (Å²) in [6, 6.07) is 3.66. The summed E-state index contributed by atoms with van der Waals surface area (Å²) in [7, 11) is 1.34. The van der Waals surface area contributed by atoms with Crippen LogP contribution in [0.15, 0.2) is 17.5 Å². The highest BCUT2D eigenvalue weighted by Gasteiger charge is 2.29. The van der Waals surface area contributed by atoms with Crippen LogP contribution in [0.2, 0.25) is 0 Å². The van der Waals surface area contributed by atoms with E-state index < -0.39 is 6.09 Å². The summed E-state index contributed by atoms with van der Waals surface area (Å²) in [6.07, 6.45) is 0.422. The number of carbonyl (C=O) groups excluding carboxylic acids is 2. The Hall–Kier alpha value is -1.56. The van der Waals surface area contributed by atoms with Crippen LogP contribution in [0.1, 0.15) is 23.0 Å². The second-order valence-electron chi connectivity index (χ2n) is 4.86. The maximum Gasteiger partial charge on any atom is 0.407 e. The van der Waals surface area contributed by atoms with Crippen LogP contribution in [0.4, 0.5) is 4.79 Å². The summed E-state index contributed by atoms with van der Waals surface area (Å²) >= 11 is 1.44. The molecule has 2 rings (SSSR count). The number of carbonyl (C=O) groups is 2. The number of hydrogen-bond acceptors (Lipinski definition) is 4. The van der Waals surface area contributed by atoms with Crippen LogP contribution >= 0.6 is 11.3 Å². The molecule has 104 valence electrons. The van der Waals surface area contributed by atoms with Gasteiger partial charge in [-0.15, -0.1) is 11.3 Å². The van der Waals surface area contributed by atoms with Crippen LogP contribution in [-0.4, -0.2) is 43.1 Å². The molecule has 2 unspecified atom stereocenters. The van der Waals surface area contributed by atoms with Gasteiger partial charge in [0.05, 0.1) is 18.0 Å². The Bertz CT molecular complexity index is 447.